The largest absolute Gasteiger partial charge is 0.484 e. The zero-order chi connectivity index (χ0) is 19.8. The van der Waals surface area contributed by atoms with Crippen molar-refractivity contribution in [3.05, 3.63) is 63.2 Å². The number of benzene rings is 2. The molecule has 144 valence electrons. The molecular weight excluding hydrogens is 455 g/mol. The first-order chi connectivity index (χ1) is 12.9. The minimum absolute atomic E-state index is 0.115. The molecule has 2 aromatic rings. The van der Waals surface area contributed by atoms with E-state index >= 15 is 0 Å². The van der Waals surface area contributed by atoms with E-state index in [4.69, 9.17) is 4.74 Å². The van der Waals surface area contributed by atoms with E-state index in [-0.39, 0.29) is 18.4 Å². The lowest BCUT2D eigenvalue weighted by Gasteiger charge is -2.28. The van der Waals surface area contributed by atoms with E-state index in [0.29, 0.717) is 18.8 Å². The van der Waals surface area contributed by atoms with Crippen LogP contribution in [0.3, 0.4) is 0 Å². The van der Waals surface area contributed by atoms with Crippen LogP contribution in [0.4, 0.5) is 0 Å². The van der Waals surface area contributed by atoms with E-state index in [2.05, 4.69) is 27.9 Å². The van der Waals surface area contributed by atoms with Crippen molar-refractivity contribution in [2.45, 2.75) is 33.4 Å². The maximum atomic E-state index is 12.8. The number of rotatable bonds is 8. The van der Waals surface area contributed by atoms with E-state index in [0.717, 1.165) is 14.7 Å². The first-order valence-corrected chi connectivity index (χ1v) is 9.99. The maximum absolute atomic E-state index is 12.8. The Morgan fingerprint density at radius 3 is 2.33 bits per heavy atom. The van der Waals surface area contributed by atoms with Gasteiger partial charge in [-0.2, -0.15) is 0 Å². The number of amides is 2. The zero-order valence-corrected chi connectivity index (χ0v) is 18.0. The lowest BCUT2D eigenvalue weighted by Crippen LogP contribution is -2.49. The van der Waals surface area contributed by atoms with Crippen LogP contribution >= 0.6 is 22.6 Å². The molecule has 0 radical (unpaired) electrons. The Kier molecular flexibility index (Phi) is 8.09. The molecule has 1 atom stereocenters. The second-order valence-corrected chi connectivity index (χ2v) is 7.57. The van der Waals surface area contributed by atoms with E-state index in [1.54, 1.807) is 11.8 Å². The molecule has 2 rings (SSSR count). The standard InChI is InChI=1S/C21H25IN2O3/c1-4-23-21(26)16(3)24(13-17-7-5-15(2)6-8-17)20(25)14-27-19-11-9-18(22)10-12-19/h5-12,16H,4,13-14H2,1-3H3,(H,23,26). The van der Waals surface area contributed by atoms with Gasteiger partial charge >= 0.3 is 0 Å². The number of halogens is 1. The highest BCUT2D eigenvalue weighted by atomic mass is 127. The zero-order valence-electron chi connectivity index (χ0n) is 15.9. The summed E-state index contributed by atoms with van der Waals surface area (Å²) in [4.78, 5) is 26.7. The van der Waals surface area contributed by atoms with Gasteiger partial charge < -0.3 is 15.0 Å². The van der Waals surface area contributed by atoms with Crippen LogP contribution in [0, 0.1) is 10.5 Å². The summed E-state index contributed by atoms with van der Waals surface area (Å²) in [6.07, 6.45) is 0. The van der Waals surface area contributed by atoms with E-state index in [1.165, 1.54) is 0 Å². The number of carbonyl (C=O) groups excluding carboxylic acids is 2. The molecule has 0 saturated heterocycles. The van der Waals surface area contributed by atoms with Gasteiger partial charge in [-0.1, -0.05) is 29.8 Å². The summed E-state index contributed by atoms with van der Waals surface area (Å²) in [6.45, 7) is 6.37. The molecule has 5 nitrogen and oxygen atoms in total. The van der Waals surface area contributed by atoms with E-state index < -0.39 is 6.04 Å². The second kappa shape index (κ2) is 10.3. The molecule has 0 aliphatic carbocycles. The highest BCUT2D eigenvalue weighted by Crippen LogP contribution is 2.15. The van der Waals surface area contributed by atoms with Gasteiger partial charge in [-0.25, -0.2) is 0 Å². The first kappa shape index (κ1) is 21.2. The summed E-state index contributed by atoms with van der Waals surface area (Å²) < 4.78 is 6.72. The van der Waals surface area contributed by atoms with Gasteiger partial charge in [-0.3, -0.25) is 9.59 Å². The fourth-order valence-corrected chi connectivity index (χ4v) is 2.91. The maximum Gasteiger partial charge on any atom is 0.261 e. The summed E-state index contributed by atoms with van der Waals surface area (Å²) in [5.74, 6) is 0.227. The molecule has 1 unspecified atom stereocenters. The molecule has 0 aliphatic heterocycles. The van der Waals surface area contributed by atoms with Gasteiger partial charge in [0.1, 0.15) is 11.8 Å². The summed E-state index contributed by atoms with van der Waals surface area (Å²) in [6, 6.07) is 14.8. The van der Waals surface area contributed by atoms with Crippen molar-refractivity contribution in [2.75, 3.05) is 13.2 Å². The molecule has 0 saturated carbocycles. The molecule has 0 aliphatic rings. The molecular formula is C21H25IN2O3. The smallest absolute Gasteiger partial charge is 0.261 e. The number of hydrogen-bond acceptors (Lipinski definition) is 3. The van der Waals surface area contributed by atoms with Crippen molar-refractivity contribution in [3.8, 4) is 5.75 Å². The van der Waals surface area contributed by atoms with Crippen molar-refractivity contribution in [1.29, 1.82) is 0 Å². The van der Waals surface area contributed by atoms with Crippen molar-refractivity contribution >= 4 is 34.4 Å². The molecule has 2 aromatic carbocycles. The van der Waals surface area contributed by atoms with Gasteiger partial charge in [0.25, 0.3) is 5.91 Å². The number of likely N-dealkylation sites (N-methyl/N-ethyl adjacent to an activating group) is 1. The van der Waals surface area contributed by atoms with Gasteiger partial charge in [0.05, 0.1) is 0 Å². The van der Waals surface area contributed by atoms with Gasteiger partial charge in [0.15, 0.2) is 6.61 Å². The molecule has 0 fully saturated rings. The summed E-state index contributed by atoms with van der Waals surface area (Å²) in [5, 5.41) is 2.78. The molecule has 0 spiro atoms. The molecule has 0 bridgehead atoms. The monoisotopic (exact) mass is 480 g/mol. The Labute approximate surface area is 174 Å². The normalized spacial score (nSPS) is 11.6. The molecule has 27 heavy (non-hydrogen) atoms. The predicted molar refractivity (Wildman–Crippen MR) is 115 cm³/mol. The van der Waals surface area contributed by atoms with Crippen LogP contribution in [0.1, 0.15) is 25.0 Å². The van der Waals surface area contributed by atoms with E-state index in [9.17, 15) is 9.59 Å². The van der Waals surface area contributed by atoms with Crippen molar-refractivity contribution in [1.82, 2.24) is 10.2 Å². The Balaban J connectivity index is 2.11. The number of ether oxygens (including phenoxy) is 1. The molecule has 2 amide bonds. The Bertz CT molecular complexity index is 760. The van der Waals surface area contributed by atoms with Crippen LogP contribution < -0.4 is 10.1 Å². The molecule has 6 heteroatoms. The fourth-order valence-electron chi connectivity index (χ4n) is 2.55. The fraction of sp³-hybridized carbons (Fsp3) is 0.333. The Morgan fingerprint density at radius 2 is 1.74 bits per heavy atom. The number of nitrogens with zero attached hydrogens (tertiary/aromatic N) is 1. The third-order valence-corrected chi connectivity index (χ3v) is 4.89. The van der Waals surface area contributed by atoms with E-state index in [1.807, 2.05) is 62.4 Å². The molecule has 0 heterocycles. The minimum atomic E-state index is -0.584. The van der Waals surface area contributed by atoms with Crippen LogP contribution in [-0.2, 0) is 16.1 Å². The van der Waals surface area contributed by atoms with Crippen LogP contribution in [0.5, 0.6) is 5.75 Å². The molecule has 0 aromatic heterocycles. The number of nitrogens with one attached hydrogen (secondary N) is 1. The highest BCUT2D eigenvalue weighted by Gasteiger charge is 2.26. The number of aryl methyl sites for hydroxylation is 1. The van der Waals surface area contributed by atoms with Crippen molar-refractivity contribution < 1.29 is 14.3 Å². The van der Waals surface area contributed by atoms with Crippen molar-refractivity contribution in [3.63, 3.8) is 0 Å². The van der Waals surface area contributed by atoms with Gasteiger partial charge in [-0.15, -0.1) is 0 Å². The minimum Gasteiger partial charge on any atom is -0.484 e. The predicted octanol–water partition coefficient (Wildman–Crippen LogP) is 3.53. The van der Waals surface area contributed by atoms with Crippen LogP contribution in [0.2, 0.25) is 0 Å². The quantitative estimate of drug-likeness (QED) is 0.589. The van der Waals surface area contributed by atoms with Crippen molar-refractivity contribution in [2.24, 2.45) is 0 Å². The average molecular weight is 480 g/mol. The molecule has 1 N–H and O–H groups in total. The SMILES string of the molecule is CCNC(=O)C(C)N(Cc1ccc(C)cc1)C(=O)COc1ccc(I)cc1. The van der Waals surface area contributed by atoms with Gasteiger partial charge in [0.2, 0.25) is 5.91 Å². The lowest BCUT2D eigenvalue weighted by atomic mass is 10.1. The number of hydrogen-bond donors (Lipinski definition) is 1. The highest BCUT2D eigenvalue weighted by molar-refractivity contribution is 14.1. The first-order valence-electron chi connectivity index (χ1n) is 8.91. The summed E-state index contributed by atoms with van der Waals surface area (Å²) in [7, 11) is 0. The van der Waals surface area contributed by atoms with Gasteiger partial charge in [-0.05, 0) is 73.2 Å². The Morgan fingerprint density at radius 1 is 1.11 bits per heavy atom. The lowest BCUT2D eigenvalue weighted by molar-refractivity contribution is -0.142. The van der Waals surface area contributed by atoms with Crippen LogP contribution in [-0.4, -0.2) is 35.9 Å². The summed E-state index contributed by atoms with van der Waals surface area (Å²) in [5.41, 5.74) is 2.12. The average Bonchev–Trinajstić information content (AvgIpc) is 2.66. The second-order valence-electron chi connectivity index (χ2n) is 6.32. The Hall–Kier alpha value is -2.09. The number of carbonyl (C=O) groups is 2. The third-order valence-electron chi connectivity index (χ3n) is 4.17. The van der Waals surface area contributed by atoms with Gasteiger partial charge in [0, 0.05) is 16.7 Å². The van der Waals surface area contributed by atoms with Crippen LogP contribution in [0.25, 0.3) is 0 Å². The summed E-state index contributed by atoms with van der Waals surface area (Å²) >= 11 is 2.21. The van der Waals surface area contributed by atoms with Crippen LogP contribution in [0.15, 0.2) is 48.5 Å². The third kappa shape index (κ3) is 6.53. The topological polar surface area (TPSA) is 58.6 Å².